The molecule has 0 bridgehead atoms. The number of hydrogen-bond acceptors (Lipinski definition) is 4. The fourth-order valence-electron chi connectivity index (χ4n) is 1.25. The van der Waals surface area contributed by atoms with Gasteiger partial charge in [-0.25, -0.2) is 9.37 Å². The zero-order valence-corrected chi connectivity index (χ0v) is 8.74. The molecule has 4 nitrogen and oxygen atoms in total. The Balaban J connectivity index is 2.22. The van der Waals surface area contributed by atoms with Crippen LogP contribution in [0.1, 0.15) is 0 Å². The summed E-state index contributed by atoms with van der Waals surface area (Å²) in [5, 5.41) is 5.63. The first-order valence-corrected chi connectivity index (χ1v) is 4.82. The van der Waals surface area contributed by atoms with Crippen LogP contribution in [0, 0.1) is 5.82 Å². The lowest BCUT2D eigenvalue weighted by Crippen LogP contribution is -2.02. The number of rotatable bonds is 3. The van der Waals surface area contributed by atoms with Gasteiger partial charge in [-0.3, -0.25) is 0 Å². The second-order valence-electron chi connectivity index (χ2n) is 3.13. The van der Waals surface area contributed by atoms with Crippen LogP contribution < -0.4 is 10.6 Å². The number of benzene rings is 1. The highest BCUT2D eigenvalue weighted by Gasteiger charge is 2.04. The van der Waals surface area contributed by atoms with E-state index >= 15 is 0 Å². The van der Waals surface area contributed by atoms with Crippen LogP contribution in [0.2, 0.25) is 0 Å². The fraction of sp³-hybridized carbons (Fsp3) is 0.0909. The van der Waals surface area contributed by atoms with E-state index < -0.39 is 5.82 Å². The van der Waals surface area contributed by atoms with Gasteiger partial charge in [-0.1, -0.05) is 18.2 Å². The minimum Gasteiger partial charge on any atom is -0.371 e. The van der Waals surface area contributed by atoms with Crippen LogP contribution in [-0.2, 0) is 0 Å². The largest absolute Gasteiger partial charge is 0.371 e. The molecule has 1 heterocycles. The van der Waals surface area contributed by atoms with E-state index in [0.29, 0.717) is 5.95 Å². The maximum Gasteiger partial charge on any atom is 0.229 e. The van der Waals surface area contributed by atoms with Crippen molar-refractivity contribution in [3.8, 4) is 0 Å². The molecule has 0 aliphatic heterocycles. The lowest BCUT2D eigenvalue weighted by atomic mass is 10.3. The summed E-state index contributed by atoms with van der Waals surface area (Å²) in [6.07, 6.45) is 1.13. The number of nitrogens with zero attached hydrogens (tertiary/aromatic N) is 2. The highest BCUT2D eigenvalue weighted by atomic mass is 19.1. The van der Waals surface area contributed by atoms with Crippen LogP contribution in [0.15, 0.2) is 36.5 Å². The summed E-state index contributed by atoms with van der Waals surface area (Å²) in [6, 6.07) is 9.46. The normalized spacial score (nSPS) is 9.88. The molecular weight excluding hydrogens is 207 g/mol. The lowest BCUT2D eigenvalue weighted by molar-refractivity contribution is 0.619. The van der Waals surface area contributed by atoms with Crippen molar-refractivity contribution in [2.45, 2.75) is 0 Å². The monoisotopic (exact) mass is 218 g/mol. The minimum atomic E-state index is -0.471. The molecule has 0 spiro atoms. The van der Waals surface area contributed by atoms with E-state index in [1.807, 2.05) is 30.3 Å². The molecule has 0 atom stereocenters. The van der Waals surface area contributed by atoms with Gasteiger partial charge in [0.2, 0.25) is 5.95 Å². The Morgan fingerprint density at radius 1 is 1.19 bits per heavy atom. The summed E-state index contributed by atoms with van der Waals surface area (Å²) in [7, 11) is 1.61. The molecule has 2 N–H and O–H groups in total. The average Bonchev–Trinajstić information content (AvgIpc) is 2.33. The summed E-state index contributed by atoms with van der Waals surface area (Å²) in [6.45, 7) is 0. The summed E-state index contributed by atoms with van der Waals surface area (Å²) in [5.41, 5.74) is 0.858. The maximum absolute atomic E-state index is 13.1. The van der Waals surface area contributed by atoms with Gasteiger partial charge in [-0.15, -0.1) is 0 Å². The topological polar surface area (TPSA) is 49.8 Å². The molecule has 1 aromatic carbocycles. The van der Waals surface area contributed by atoms with Gasteiger partial charge in [0.15, 0.2) is 11.6 Å². The third-order valence-corrected chi connectivity index (χ3v) is 2.01. The molecular formula is C11H11FN4. The molecule has 0 fully saturated rings. The van der Waals surface area contributed by atoms with Gasteiger partial charge in [-0.05, 0) is 12.1 Å². The van der Waals surface area contributed by atoms with Crippen LogP contribution in [0.4, 0.5) is 21.8 Å². The Kier molecular flexibility index (Phi) is 2.95. The van der Waals surface area contributed by atoms with Gasteiger partial charge < -0.3 is 10.6 Å². The molecule has 0 saturated heterocycles. The third kappa shape index (κ3) is 2.25. The summed E-state index contributed by atoms with van der Waals surface area (Å²) in [5.74, 6) is 0.0616. The molecule has 2 aromatic rings. The van der Waals surface area contributed by atoms with Gasteiger partial charge in [0.25, 0.3) is 0 Å². The Labute approximate surface area is 92.6 Å². The van der Waals surface area contributed by atoms with E-state index in [1.54, 1.807) is 7.05 Å². The first-order valence-electron chi connectivity index (χ1n) is 4.82. The molecule has 1 aromatic heterocycles. The smallest absolute Gasteiger partial charge is 0.229 e. The zero-order valence-electron chi connectivity index (χ0n) is 8.74. The van der Waals surface area contributed by atoms with E-state index in [4.69, 9.17) is 0 Å². The highest BCUT2D eigenvalue weighted by molar-refractivity contribution is 5.54. The number of para-hydroxylation sites is 1. The second kappa shape index (κ2) is 4.57. The van der Waals surface area contributed by atoms with E-state index in [0.717, 1.165) is 11.9 Å². The Hall–Kier alpha value is -2.17. The maximum atomic E-state index is 13.1. The average molecular weight is 218 g/mol. The molecule has 16 heavy (non-hydrogen) atoms. The van der Waals surface area contributed by atoms with Gasteiger partial charge in [-0.2, -0.15) is 4.98 Å². The Morgan fingerprint density at radius 2 is 1.94 bits per heavy atom. The second-order valence-corrected chi connectivity index (χ2v) is 3.13. The molecule has 0 unspecified atom stereocenters. The number of halogens is 1. The molecule has 0 aliphatic rings. The number of nitrogens with one attached hydrogen (secondary N) is 2. The predicted octanol–water partition coefficient (Wildman–Crippen LogP) is 2.40. The number of aromatic nitrogens is 2. The molecule has 5 heteroatoms. The van der Waals surface area contributed by atoms with Crippen molar-refractivity contribution < 1.29 is 4.39 Å². The SMILES string of the molecule is CNc1nc(Nc2ccccc2)ncc1F. The van der Waals surface area contributed by atoms with E-state index in [-0.39, 0.29) is 5.82 Å². The highest BCUT2D eigenvalue weighted by Crippen LogP contribution is 2.15. The van der Waals surface area contributed by atoms with Crippen molar-refractivity contribution in [1.82, 2.24) is 9.97 Å². The summed E-state index contributed by atoms with van der Waals surface area (Å²) in [4.78, 5) is 7.82. The lowest BCUT2D eigenvalue weighted by Gasteiger charge is -2.06. The van der Waals surface area contributed by atoms with Crippen LogP contribution >= 0.6 is 0 Å². The van der Waals surface area contributed by atoms with Crippen molar-refractivity contribution >= 4 is 17.5 Å². The minimum absolute atomic E-state index is 0.174. The molecule has 0 saturated carbocycles. The first kappa shape index (κ1) is 10.4. The number of hydrogen-bond donors (Lipinski definition) is 2. The standard InChI is InChI=1S/C11H11FN4/c1-13-10-9(12)7-14-11(16-10)15-8-5-3-2-4-6-8/h2-7H,1H3,(H2,13,14,15,16). The van der Waals surface area contributed by atoms with Gasteiger partial charge in [0.05, 0.1) is 6.20 Å². The third-order valence-electron chi connectivity index (χ3n) is 2.01. The first-order chi connectivity index (χ1) is 7.79. The molecule has 2 rings (SSSR count). The van der Waals surface area contributed by atoms with Gasteiger partial charge in [0, 0.05) is 12.7 Å². The Morgan fingerprint density at radius 3 is 2.62 bits per heavy atom. The zero-order chi connectivity index (χ0) is 11.4. The van der Waals surface area contributed by atoms with Crippen molar-refractivity contribution in [1.29, 1.82) is 0 Å². The van der Waals surface area contributed by atoms with Crippen molar-refractivity contribution in [2.75, 3.05) is 17.7 Å². The quantitative estimate of drug-likeness (QED) is 0.830. The van der Waals surface area contributed by atoms with E-state index in [1.165, 1.54) is 0 Å². The summed E-state index contributed by atoms with van der Waals surface area (Å²) >= 11 is 0. The number of anilines is 3. The molecule has 0 amide bonds. The van der Waals surface area contributed by atoms with Crippen molar-refractivity contribution in [3.63, 3.8) is 0 Å². The predicted molar refractivity (Wildman–Crippen MR) is 61.3 cm³/mol. The molecule has 0 aliphatic carbocycles. The van der Waals surface area contributed by atoms with Gasteiger partial charge >= 0.3 is 0 Å². The van der Waals surface area contributed by atoms with Crippen LogP contribution in [0.3, 0.4) is 0 Å². The molecule has 0 radical (unpaired) electrons. The fourth-order valence-corrected chi connectivity index (χ4v) is 1.25. The van der Waals surface area contributed by atoms with Crippen molar-refractivity contribution in [3.05, 3.63) is 42.3 Å². The van der Waals surface area contributed by atoms with Crippen molar-refractivity contribution in [2.24, 2.45) is 0 Å². The molecule has 82 valence electrons. The van der Waals surface area contributed by atoms with Crippen LogP contribution in [-0.4, -0.2) is 17.0 Å². The summed E-state index contributed by atoms with van der Waals surface area (Å²) < 4.78 is 13.1. The van der Waals surface area contributed by atoms with Crippen LogP contribution in [0.5, 0.6) is 0 Å². The Bertz CT molecular complexity index is 473. The van der Waals surface area contributed by atoms with E-state index in [2.05, 4.69) is 20.6 Å². The van der Waals surface area contributed by atoms with Crippen LogP contribution in [0.25, 0.3) is 0 Å². The van der Waals surface area contributed by atoms with E-state index in [9.17, 15) is 4.39 Å². The van der Waals surface area contributed by atoms with Gasteiger partial charge in [0.1, 0.15) is 0 Å².